The average molecular weight is 448 g/mol. The molecule has 0 atom stereocenters. The lowest BCUT2D eigenvalue weighted by Gasteiger charge is -2.23. The van der Waals surface area contributed by atoms with E-state index in [1.807, 2.05) is 6.92 Å². The fraction of sp³-hybridized carbons (Fsp3) is 0.409. The number of aryl methyl sites for hydroxylation is 1. The third-order valence-corrected chi connectivity index (χ3v) is 5.55. The van der Waals surface area contributed by atoms with Gasteiger partial charge in [-0.3, -0.25) is 4.79 Å². The standard InChI is InChI=1S/C22H24F3N5O2/c1-15-3-5-16(6-4-15)18-13-19(22(23,24)25)30-20(28-18)17(14-27-30)21(31)26-7-2-8-29-9-11-32-12-10-29/h3-6,13-14H,2,7-12H2,1H3,(H,26,31)/p+1. The molecule has 2 aromatic heterocycles. The fourth-order valence-corrected chi connectivity index (χ4v) is 3.74. The van der Waals surface area contributed by atoms with E-state index in [0.29, 0.717) is 16.6 Å². The first-order chi connectivity index (χ1) is 15.3. The van der Waals surface area contributed by atoms with Gasteiger partial charge < -0.3 is 15.0 Å². The smallest absolute Gasteiger partial charge is 0.370 e. The van der Waals surface area contributed by atoms with Gasteiger partial charge in [0.2, 0.25) is 0 Å². The maximum Gasteiger partial charge on any atom is 0.433 e. The van der Waals surface area contributed by atoms with Crippen LogP contribution in [0.15, 0.2) is 36.5 Å². The van der Waals surface area contributed by atoms with Crippen molar-refractivity contribution in [1.82, 2.24) is 19.9 Å². The average Bonchev–Trinajstić information content (AvgIpc) is 3.20. The molecule has 1 aliphatic heterocycles. The number of hydrogen-bond acceptors (Lipinski definition) is 4. The minimum absolute atomic E-state index is 0.0168. The number of halogens is 3. The lowest BCUT2D eigenvalue weighted by atomic mass is 10.1. The van der Waals surface area contributed by atoms with E-state index in [4.69, 9.17) is 4.74 Å². The number of amides is 1. The maximum atomic E-state index is 13.7. The Hall–Kier alpha value is -2.98. The molecule has 0 aliphatic carbocycles. The molecule has 170 valence electrons. The lowest BCUT2D eigenvalue weighted by Crippen LogP contribution is -3.14. The zero-order valence-corrected chi connectivity index (χ0v) is 17.7. The highest BCUT2D eigenvalue weighted by Gasteiger charge is 2.36. The second-order valence-electron chi connectivity index (χ2n) is 7.91. The first-order valence-corrected chi connectivity index (χ1v) is 10.6. The van der Waals surface area contributed by atoms with Gasteiger partial charge in [-0.1, -0.05) is 29.8 Å². The van der Waals surface area contributed by atoms with Crippen molar-refractivity contribution in [1.29, 1.82) is 0 Å². The molecule has 0 saturated carbocycles. The normalized spacial score (nSPS) is 15.2. The highest BCUT2D eigenvalue weighted by molar-refractivity contribution is 5.99. The van der Waals surface area contributed by atoms with Gasteiger partial charge in [0.1, 0.15) is 18.7 Å². The van der Waals surface area contributed by atoms with Crippen LogP contribution in [-0.4, -0.2) is 59.9 Å². The van der Waals surface area contributed by atoms with E-state index >= 15 is 0 Å². The molecule has 2 N–H and O–H groups in total. The van der Waals surface area contributed by atoms with Gasteiger partial charge in [0.05, 0.1) is 31.6 Å². The number of fused-ring (bicyclic) bond motifs is 1. The van der Waals surface area contributed by atoms with Gasteiger partial charge in [0, 0.05) is 18.5 Å². The SMILES string of the molecule is Cc1ccc(-c2cc(C(F)(F)F)n3ncc(C(=O)NCCC[NH+]4CCOCC4)c3n2)cc1. The second kappa shape index (κ2) is 9.25. The van der Waals surface area contributed by atoms with Crippen LogP contribution in [0.2, 0.25) is 0 Å². The van der Waals surface area contributed by atoms with Gasteiger partial charge >= 0.3 is 6.18 Å². The summed E-state index contributed by atoms with van der Waals surface area (Å²) in [4.78, 5) is 18.5. The topological polar surface area (TPSA) is 73.0 Å². The van der Waals surface area contributed by atoms with Crippen LogP contribution in [0, 0.1) is 6.92 Å². The maximum absolute atomic E-state index is 13.7. The summed E-state index contributed by atoms with van der Waals surface area (Å²) < 4.78 is 47.2. The number of rotatable bonds is 6. The Balaban J connectivity index is 1.56. The first-order valence-electron chi connectivity index (χ1n) is 10.6. The number of ether oxygens (including phenoxy) is 1. The Bertz CT molecular complexity index is 1090. The minimum atomic E-state index is -4.65. The van der Waals surface area contributed by atoms with E-state index in [2.05, 4.69) is 15.4 Å². The van der Waals surface area contributed by atoms with Gasteiger partial charge in [-0.2, -0.15) is 18.3 Å². The number of carbonyl (C=O) groups is 1. The lowest BCUT2D eigenvalue weighted by molar-refractivity contribution is -0.908. The van der Waals surface area contributed by atoms with Crippen molar-refractivity contribution in [2.75, 3.05) is 39.4 Å². The molecule has 0 unspecified atom stereocenters. The minimum Gasteiger partial charge on any atom is -0.370 e. The van der Waals surface area contributed by atoms with Gasteiger partial charge in [-0.25, -0.2) is 9.50 Å². The van der Waals surface area contributed by atoms with Crippen LogP contribution in [0.5, 0.6) is 0 Å². The van der Waals surface area contributed by atoms with Gasteiger partial charge in [0.25, 0.3) is 5.91 Å². The summed E-state index contributed by atoms with van der Waals surface area (Å²) >= 11 is 0. The first kappa shape index (κ1) is 22.2. The summed E-state index contributed by atoms with van der Waals surface area (Å²) in [6, 6.07) is 7.97. The Morgan fingerprint density at radius 2 is 1.94 bits per heavy atom. The Morgan fingerprint density at radius 1 is 1.22 bits per heavy atom. The third kappa shape index (κ3) is 4.91. The van der Waals surface area contributed by atoms with Crippen LogP contribution >= 0.6 is 0 Å². The zero-order valence-electron chi connectivity index (χ0n) is 17.7. The van der Waals surface area contributed by atoms with Crippen molar-refractivity contribution in [2.24, 2.45) is 0 Å². The molecule has 1 amide bonds. The van der Waals surface area contributed by atoms with Crippen LogP contribution < -0.4 is 10.2 Å². The van der Waals surface area contributed by atoms with E-state index < -0.39 is 17.8 Å². The molecule has 1 fully saturated rings. The van der Waals surface area contributed by atoms with Crippen molar-refractivity contribution in [2.45, 2.75) is 19.5 Å². The Kier molecular flexibility index (Phi) is 6.43. The van der Waals surface area contributed by atoms with Crippen LogP contribution in [0.1, 0.15) is 28.0 Å². The summed E-state index contributed by atoms with van der Waals surface area (Å²) in [6.45, 7) is 6.56. The van der Waals surface area contributed by atoms with Crippen LogP contribution in [0.3, 0.4) is 0 Å². The number of nitrogens with zero attached hydrogens (tertiary/aromatic N) is 3. The quantitative estimate of drug-likeness (QED) is 0.564. The summed E-state index contributed by atoms with van der Waals surface area (Å²) in [5, 5.41) is 6.60. The fourth-order valence-electron chi connectivity index (χ4n) is 3.74. The zero-order chi connectivity index (χ0) is 22.7. The molecule has 3 heterocycles. The van der Waals surface area contributed by atoms with Crippen LogP contribution in [-0.2, 0) is 10.9 Å². The van der Waals surface area contributed by atoms with E-state index in [9.17, 15) is 18.0 Å². The summed E-state index contributed by atoms with van der Waals surface area (Å²) in [7, 11) is 0. The summed E-state index contributed by atoms with van der Waals surface area (Å²) in [5.41, 5.74) is 0.567. The van der Waals surface area contributed by atoms with Gasteiger partial charge in [-0.15, -0.1) is 0 Å². The number of aromatic nitrogens is 3. The Morgan fingerprint density at radius 3 is 2.62 bits per heavy atom. The van der Waals surface area contributed by atoms with Crippen LogP contribution in [0.4, 0.5) is 13.2 Å². The molecule has 3 aromatic rings. The number of hydrogen-bond donors (Lipinski definition) is 2. The molecule has 32 heavy (non-hydrogen) atoms. The Labute approximate surface area is 183 Å². The van der Waals surface area contributed by atoms with Gasteiger partial charge in [-0.05, 0) is 13.0 Å². The number of alkyl halides is 3. The van der Waals surface area contributed by atoms with Crippen molar-refractivity contribution in [3.63, 3.8) is 0 Å². The molecule has 0 spiro atoms. The van der Waals surface area contributed by atoms with Gasteiger partial charge in [0.15, 0.2) is 11.3 Å². The monoisotopic (exact) mass is 448 g/mol. The van der Waals surface area contributed by atoms with Crippen LogP contribution in [0.25, 0.3) is 16.9 Å². The number of quaternary nitrogens is 1. The van der Waals surface area contributed by atoms with Crippen molar-refractivity contribution >= 4 is 11.6 Å². The molecule has 1 aromatic carbocycles. The molecule has 10 heteroatoms. The molecule has 0 bridgehead atoms. The molecule has 7 nitrogen and oxygen atoms in total. The molecular formula is C22H25F3N5O2+. The van der Waals surface area contributed by atoms with E-state index in [-0.39, 0.29) is 16.9 Å². The highest BCUT2D eigenvalue weighted by atomic mass is 19.4. The van der Waals surface area contributed by atoms with E-state index in [1.165, 1.54) is 4.90 Å². The summed E-state index contributed by atoms with van der Waals surface area (Å²) in [6.07, 6.45) is -2.75. The number of nitrogens with one attached hydrogen (secondary N) is 2. The molecule has 0 radical (unpaired) electrons. The number of morpholine rings is 1. The predicted octanol–water partition coefficient (Wildman–Crippen LogP) is 1.76. The van der Waals surface area contributed by atoms with Crippen molar-refractivity contribution < 1.29 is 27.6 Å². The highest BCUT2D eigenvalue weighted by Crippen LogP contribution is 2.32. The molecular weight excluding hydrogens is 423 g/mol. The van der Waals surface area contributed by atoms with E-state index in [0.717, 1.165) is 57.1 Å². The second-order valence-corrected chi connectivity index (χ2v) is 7.91. The predicted molar refractivity (Wildman–Crippen MR) is 111 cm³/mol. The number of carbonyl (C=O) groups excluding carboxylic acids is 1. The summed E-state index contributed by atoms with van der Waals surface area (Å²) in [5.74, 6) is -0.487. The number of benzene rings is 1. The third-order valence-electron chi connectivity index (χ3n) is 5.55. The molecule has 1 saturated heterocycles. The largest absolute Gasteiger partial charge is 0.433 e. The van der Waals surface area contributed by atoms with E-state index in [1.54, 1.807) is 24.3 Å². The molecule has 1 aliphatic rings. The molecule has 4 rings (SSSR count). The van der Waals surface area contributed by atoms with Crippen molar-refractivity contribution in [3.05, 3.63) is 53.3 Å². The van der Waals surface area contributed by atoms with Crippen molar-refractivity contribution in [3.8, 4) is 11.3 Å².